The minimum Gasteiger partial charge on any atom is -0.508 e. The Morgan fingerprint density at radius 1 is 1.11 bits per heavy atom. The number of aryl methyl sites for hydroxylation is 1. The monoisotopic (exact) mass is 633 g/mol. The zero-order valence-corrected chi connectivity index (χ0v) is 26.2. The number of fused-ring (bicyclic) bond motifs is 5. The van der Waals surface area contributed by atoms with Gasteiger partial charge in [-0.2, -0.15) is 9.97 Å². The number of nitrogens with zero attached hydrogens (tertiary/aromatic N) is 4. The van der Waals surface area contributed by atoms with Crippen molar-refractivity contribution in [2.75, 3.05) is 37.7 Å². The van der Waals surface area contributed by atoms with Gasteiger partial charge in [-0.15, -0.1) is 0 Å². The average molecular weight is 634 g/mol. The molecule has 4 aliphatic heterocycles. The Kier molecular flexibility index (Phi) is 7.26. The number of aromatic hydroxyl groups is 1. The maximum atomic E-state index is 17.1. The number of nitrogens with one attached hydrogen (secondary N) is 1. The molecule has 4 aromatic rings. The third-order valence-corrected chi connectivity index (χ3v) is 10.9. The molecule has 3 aromatic carbocycles. The predicted molar refractivity (Wildman–Crippen MR) is 174 cm³/mol. The van der Waals surface area contributed by atoms with E-state index in [0.29, 0.717) is 41.8 Å². The number of ether oxygens (including phenoxy) is 1. The van der Waals surface area contributed by atoms with Crippen molar-refractivity contribution in [3.05, 3.63) is 52.8 Å². The molecular weight excluding hydrogens is 596 g/mol. The molecule has 10 heteroatoms. The van der Waals surface area contributed by atoms with Crippen LogP contribution in [-0.2, 0) is 6.42 Å². The normalized spacial score (nSPS) is 26.6. The number of alkyl halides is 1. The average Bonchev–Trinajstić information content (AvgIpc) is 3.66. The molecule has 4 fully saturated rings. The Bertz CT molecular complexity index is 1810. The lowest BCUT2D eigenvalue weighted by molar-refractivity contribution is 0.107. The van der Waals surface area contributed by atoms with Crippen LogP contribution >= 0.6 is 11.6 Å². The predicted octanol–water partition coefficient (Wildman–Crippen LogP) is 6.80. The van der Waals surface area contributed by atoms with Crippen molar-refractivity contribution in [1.29, 1.82) is 0 Å². The maximum Gasteiger partial charge on any atom is 0.319 e. The van der Waals surface area contributed by atoms with Gasteiger partial charge in [-0.25, -0.2) is 8.78 Å². The van der Waals surface area contributed by atoms with Crippen LogP contribution in [0.4, 0.5) is 14.6 Å². The molecule has 45 heavy (non-hydrogen) atoms. The summed E-state index contributed by atoms with van der Waals surface area (Å²) in [5.74, 6) is 0.0508. The van der Waals surface area contributed by atoms with Crippen LogP contribution in [0.15, 0.2) is 36.4 Å². The standard InChI is InChI=1S/C35H38ClF2N5O2/c1-2-20-5-3-6-21-13-25(44)14-26(29(20)21)30-28(36)15-27-32(31(30)38)40-34(45-19-35-10-4-11-43(35)17-22(37)16-35)41-33(27)42-12-9-23-7-8-24(18-42)39-23/h3,5-6,13-15,22-24,39,44H,2,4,7-12,16-19H2,1H3/t22-,23?,24?,35+/m0/s1. The summed E-state index contributed by atoms with van der Waals surface area (Å²) in [5.41, 5.74) is 1.48. The van der Waals surface area contributed by atoms with Crippen molar-refractivity contribution in [1.82, 2.24) is 20.2 Å². The number of benzene rings is 3. The van der Waals surface area contributed by atoms with Crippen molar-refractivity contribution < 1.29 is 18.6 Å². The second-order valence-electron chi connectivity index (χ2n) is 13.4. The molecule has 2 bridgehead atoms. The molecule has 4 aliphatic rings. The Balaban J connectivity index is 1.29. The fraction of sp³-hybridized carbons (Fsp3) is 0.486. The van der Waals surface area contributed by atoms with Crippen LogP contribution in [0.3, 0.4) is 0 Å². The zero-order chi connectivity index (χ0) is 30.9. The van der Waals surface area contributed by atoms with E-state index < -0.39 is 12.0 Å². The van der Waals surface area contributed by atoms with Gasteiger partial charge < -0.3 is 20.1 Å². The van der Waals surface area contributed by atoms with Crippen LogP contribution in [0.25, 0.3) is 32.8 Å². The molecule has 0 aliphatic carbocycles. The topological polar surface area (TPSA) is 73.8 Å². The van der Waals surface area contributed by atoms with Crippen LogP contribution in [0, 0.1) is 5.82 Å². The highest BCUT2D eigenvalue weighted by atomic mass is 35.5. The van der Waals surface area contributed by atoms with Crippen LogP contribution in [-0.4, -0.2) is 76.6 Å². The molecule has 1 aromatic heterocycles. The van der Waals surface area contributed by atoms with Gasteiger partial charge in [0.1, 0.15) is 29.9 Å². The Labute approximate surface area is 266 Å². The summed E-state index contributed by atoms with van der Waals surface area (Å²) in [5, 5.41) is 16.8. The van der Waals surface area contributed by atoms with Gasteiger partial charge in [0.05, 0.1) is 10.6 Å². The van der Waals surface area contributed by atoms with Crippen molar-refractivity contribution in [3.8, 4) is 22.9 Å². The van der Waals surface area contributed by atoms with E-state index in [4.69, 9.17) is 21.3 Å². The van der Waals surface area contributed by atoms with Crippen LogP contribution in [0.2, 0.25) is 5.02 Å². The first-order valence-electron chi connectivity index (χ1n) is 16.3. The summed E-state index contributed by atoms with van der Waals surface area (Å²) < 4.78 is 37.9. The number of hydrogen-bond donors (Lipinski definition) is 2. The first-order chi connectivity index (χ1) is 21.8. The summed E-state index contributed by atoms with van der Waals surface area (Å²) in [7, 11) is 0. The van der Waals surface area contributed by atoms with Gasteiger partial charge in [0.15, 0.2) is 5.82 Å². The fourth-order valence-corrected chi connectivity index (χ4v) is 8.77. The van der Waals surface area contributed by atoms with Gasteiger partial charge in [0.25, 0.3) is 0 Å². The van der Waals surface area contributed by atoms with E-state index in [9.17, 15) is 9.50 Å². The molecule has 0 radical (unpaired) electrons. The summed E-state index contributed by atoms with van der Waals surface area (Å²) in [4.78, 5) is 14.0. The molecular formula is C35H38ClF2N5O2. The minimum atomic E-state index is -0.880. The minimum absolute atomic E-state index is 0.0314. The van der Waals surface area contributed by atoms with Gasteiger partial charge in [-0.3, -0.25) is 4.90 Å². The van der Waals surface area contributed by atoms with E-state index in [0.717, 1.165) is 74.5 Å². The van der Waals surface area contributed by atoms with Gasteiger partial charge in [-0.1, -0.05) is 36.7 Å². The molecule has 5 heterocycles. The van der Waals surface area contributed by atoms with Crippen molar-refractivity contribution in [3.63, 3.8) is 0 Å². The fourth-order valence-electron chi connectivity index (χ4n) is 8.48. The summed E-state index contributed by atoms with van der Waals surface area (Å²) in [6, 6.07) is 11.8. The molecule has 2 unspecified atom stereocenters. The SMILES string of the molecule is CCc1cccc2cc(O)cc(-c3c(Cl)cc4c(N5CCC6CCC(C5)N6)nc(OC[C@]56CCCN5C[C@@H](F)C6)nc4c3F)c12. The molecule has 0 amide bonds. The number of phenolic OH excluding ortho intramolecular Hbond substituents is 1. The van der Waals surface area contributed by atoms with Gasteiger partial charge in [-0.05, 0) is 85.2 Å². The number of rotatable bonds is 6. The second-order valence-corrected chi connectivity index (χ2v) is 13.8. The molecule has 0 spiro atoms. The largest absolute Gasteiger partial charge is 0.508 e. The summed E-state index contributed by atoms with van der Waals surface area (Å²) >= 11 is 6.98. The Morgan fingerprint density at radius 2 is 1.98 bits per heavy atom. The van der Waals surface area contributed by atoms with Crippen molar-refractivity contribution in [2.45, 2.75) is 75.7 Å². The van der Waals surface area contributed by atoms with E-state index in [1.165, 1.54) is 0 Å². The van der Waals surface area contributed by atoms with Gasteiger partial charge in [0.2, 0.25) is 0 Å². The number of anilines is 1. The van der Waals surface area contributed by atoms with E-state index in [1.54, 1.807) is 18.2 Å². The maximum absolute atomic E-state index is 17.1. The van der Waals surface area contributed by atoms with E-state index in [2.05, 4.69) is 27.0 Å². The lowest BCUT2D eigenvalue weighted by atomic mass is 9.92. The third-order valence-electron chi connectivity index (χ3n) is 10.6. The smallest absolute Gasteiger partial charge is 0.319 e. The van der Waals surface area contributed by atoms with Gasteiger partial charge >= 0.3 is 6.01 Å². The Hall–Kier alpha value is -3.27. The first-order valence-corrected chi connectivity index (χ1v) is 16.7. The van der Waals surface area contributed by atoms with Crippen LogP contribution < -0.4 is 15.0 Å². The van der Waals surface area contributed by atoms with E-state index in [1.807, 2.05) is 18.2 Å². The number of hydrogen-bond acceptors (Lipinski definition) is 7. The molecule has 7 nitrogen and oxygen atoms in total. The quantitative estimate of drug-likeness (QED) is 0.242. The highest BCUT2D eigenvalue weighted by Gasteiger charge is 2.49. The highest BCUT2D eigenvalue weighted by Crippen LogP contribution is 2.44. The van der Waals surface area contributed by atoms with Crippen molar-refractivity contribution >= 4 is 39.1 Å². The summed E-state index contributed by atoms with van der Waals surface area (Å²) in [6.07, 6.45) is 5.33. The number of halogens is 3. The van der Waals surface area contributed by atoms with Gasteiger partial charge in [0, 0.05) is 49.1 Å². The van der Waals surface area contributed by atoms with Crippen molar-refractivity contribution in [2.24, 2.45) is 0 Å². The molecule has 8 rings (SSSR count). The summed E-state index contributed by atoms with van der Waals surface area (Å²) in [6.45, 7) is 5.08. The highest BCUT2D eigenvalue weighted by molar-refractivity contribution is 6.35. The first kappa shape index (κ1) is 29.2. The van der Waals surface area contributed by atoms with Crippen LogP contribution in [0.1, 0.15) is 51.0 Å². The molecule has 0 saturated carbocycles. The van der Waals surface area contributed by atoms with Crippen LogP contribution in [0.5, 0.6) is 11.8 Å². The second kappa shape index (κ2) is 11.2. The third kappa shape index (κ3) is 4.98. The lowest BCUT2D eigenvalue weighted by Crippen LogP contribution is -2.43. The molecule has 4 saturated heterocycles. The molecule has 236 valence electrons. The Morgan fingerprint density at radius 3 is 2.84 bits per heavy atom. The molecule has 4 atom stereocenters. The zero-order valence-electron chi connectivity index (χ0n) is 25.5. The number of aromatic nitrogens is 2. The van der Waals surface area contributed by atoms with E-state index in [-0.39, 0.29) is 40.0 Å². The number of phenols is 1. The van der Waals surface area contributed by atoms with E-state index >= 15 is 4.39 Å². The lowest BCUT2D eigenvalue weighted by Gasteiger charge is -2.31. The molecule has 2 N–H and O–H groups in total.